The van der Waals surface area contributed by atoms with Gasteiger partial charge >= 0.3 is 0 Å². The first-order valence-electron chi connectivity index (χ1n) is 9.73. The van der Waals surface area contributed by atoms with E-state index in [9.17, 15) is 28.4 Å². The molecule has 11 heteroatoms. The Morgan fingerprint density at radius 1 is 1.06 bits per heavy atom. The van der Waals surface area contributed by atoms with Crippen LogP contribution in [0.5, 0.6) is 11.5 Å². The molecule has 3 aromatic rings. The van der Waals surface area contributed by atoms with Gasteiger partial charge in [-0.25, -0.2) is 8.78 Å². The molecule has 2 aromatic carbocycles. The molecule has 34 heavy (non-hydrogen) atoms. The van der Waals surface area contributed by atoms with E-state index in [4.69, 9.17) is 10.5 Å². The number of nitriles is 1. The average molecular weight is 465 g/mol. The van der Waals surface area contributed by atoms with E-state index in [2.05, 4.69) is 15.6 Å². The highest BCUT2D eigenvalue weighted by molar-refractivity contribution is 6.03. The molecule has 0 spiro atoms. The molecular weight excluding hydrogens is 448 g/mol. The van der Waals surface area contributed by atoms with Gasteiger partial charge in [-0.2, -0.15) is 5.26 Å². The number of carbonyl (C=O) groups excluding carboxylic acids is 3. The van der Waals surface area contributed by atoms with Crippen LogP contribution in [-0.4, -0.2) is 22.7 Å². The number of ether oxygens (including phenoxy) is 1. The number of pyridine rings is 1. The first-order chi connectivity index (χ1) is 16.3. The van der Waals surface area contributed by atoms with Crippen molar-refractivity contribution < 1.29 is 27.9 Å². The second kappa shape index (κ2) is 10.6. The van der Waals surface area contributed by atoms with E-state index in [1.807, 2.05) is 6.07 Å². The zero-order chi connectivity index (χ0) is 24.7. The Morgan fingerprint density at radius 3 is 2.47 bits per heavy atom. The summed E-state index contributed by atoms with van der Waals surface area (Å²) in [5.74, 6) is -5.12. The number of nitrogens with one attached hydrogen (secondary N) is 2. The number of rotatable bonds is 8. The van der Waals surface area contributed by atoms with Gasteiger partial charge in [0.2, 0.25) is 11.8 Å². The third-order valence-corrected chi connectivity index (χ3v) is 4.40. The monoisotopic (exact) mass is 465 g/mol. The van der Waals surface area contributed by atoms with Gasteiger partial charge in [0.1, 0.15) is 23.9 Å². The number of primary amides is 1. The number of nitrogens with two attached hydrogens (primary N) is 1. The Hall–Kier alpha value is -4.85. The lowest BCUT2D eigenvalue weighted by Gasteiger charge is -2.13. The highest BCUT2D eigenvalue weighted by Crippen LogP contribution is 2.29. The molecule has 0 saturated carbocycles. The number of nitrogens with zero attached hydrogens (tertiary/aromatic N) is 2. The highest BCUT2D eigenvalue weighted by atomic mass is 19.1. The minimum absolute atomic E-state index is 0.0129. The first kappa shape index (κ1) is 23.8. The normalized spacial score (nSPS) is 11.1. The predicted octanol–water partition coefficient (Wildman–Crippen LogP) is 2.96. The van der Waals surface area contributed by atoms with E-state index in [0.717, 1.165) is 6.07 Å². The summed E-state index contributed by atoms with van der Waals surface area (Å²) in [6.07, 6.45) is 0.481. The van der Waals surface area contributed by atoms with Gasteiger partial charge < -0.3 is 21.1 Å². The van der Waals surface area contributed by atoms with E-state index in [1.54, 1.807) is 30.3 Å². The van der Waals surface area contributed by atoms with Crippen LogP contribution in [0.25, 0.3) is 0 Å². The summed E-state index contributed by atoms with van der Waals surface area (Å²) >= 11 is 0. The summed E-state index contributed by atoms with van der Waals surface area (Å²) < 4.78 is 34.1. The van der Waals surface area contributed by atoms with Crippen LogP contribution in [-0.2, 0) is 9.59 Å². The molecule has 0 saturated heterocycles. The van der Waals surface area contributed by atoms with Crippen LogP contribution in [0, 0.1) is 23.0 Å². The fourth-order valence-corrected chi connectivity index (χ4v) is 2.83. The smallest absolute Gasteiger partial charge is 0.267 e. The number of aromatic nitrogens is 1. The third-order valence-electron chi connectivity index (χ3n) is 4.40. The topological polar surface area (TPSA) is 147 Å². The van der Waals surface area contributed by atoms with Crippen LogP contribution >= 0.6 is 0 Å². The van der Waals surface area contributed by atoms with Crippen molar-refractivity contribution in [2.24, 2.45) is 5.73 Å². The zero-order valence-electron chi connectivity index (χ0n) is 17.4. The van der Waals surface area contributed by atoms with Crippen molar-refractivity contribution in [3.8, 4) is 17.6 Å². The van der Waals surface area contributed by atoms with Crippen LogP contribution in [0.3, 0.4) is 0 Å². The van der Waals surface area contributed by atoms with Gasteiger partial charge in [0.25, 0.3) is 5.91 Å². The zero-order valence-corrected chi connectivity index (χ0v) is 17.4. The van der Waals surface area contributed by atoms with Gasteiger partial charge in [0, 0.05) is 24.4 Å². The molecule has 0 radical (unpaired) electrons. The third kappa shape index (κ3) is 6.10. The number of hydrogen-bond donors (Lipinski definition) is 3. The van der Waals surface area contributed by atoms with E-state index >= 15 is 0 Å². The second-order valence-corrected chi connectivity index (χ2v) is 6.87. The van der Waals surface area contributed by atoms with Crippen LogP contribution in [0.1, 0.15) is 28.5 Å². The molecule has 0 aliphatic carbocycles. The molecule has 0 fully saturated rings. The maximum Gasteiger partial charge on any atom is 0.267 e. The number of anilines is 1. The number of carbonyl (C=O) groups is 3. The summed E-state index contributed by atoms with van der Waals surface area (Å²) in [7, 11) is 0. The van der Waals surface area contributed by atoms with Crippen molar-refractivity contribution in [1.29, 1.82) is 5.26 Å². The van der Waals surface area contributed by atoms with Crippen molar-refractivity contribution in [2.45, 2.75) is 12.5 Å². The predicted molar refractivity (Wildman–Crippen MR) is 115 cm³/mol. The van der Waals surface area contributed by atoms with Crippen LogP contribution < -0.4 is 21.1 Å². The lowest BCUT2D eigenvalue weighted by atomic mass is 10.1. The molecular formula is C23H17F2N5O4. The summed E-state index contributed by atoms with van der Waals surface area (Å²) in [6.45, 7) is 0. The molecule has 1 atom stereocenters. The Morgan fingerprint density at radius 2 is 1.79 bits per heavy atom. The van der Waals surface area contributed by atoms with Gasteiger partial charge in [0.15, 0.2) is 17.4 Å². The second-order valence-electron chi connectivity index (χ2n) is 6.87. The Labute approximate surface area is 192 Å². The molecule has 1 unspecified atom stereocenters. The van der Waals surface area contributed by atoms with E-state index < -0.39 is 53.3 Å². The van der Waals surface area contributed by atoms with Crippen LogP contribution in [0.15, 0.2) is 60.8 Å². The van der Waals surface area contributed by atoms with Crippen molar-refractivity contribution >= 4 is 23.4 Å². The number of amides is 3. The number of halogens is 2. The Balaban J connectivity index is 1.64. The average Bonchev–Trinajstić information content (AvgIpc) is 2.81. The van der Waals surface area contributed by atoms with E-state index in [-0.39, 0.29) is 11.4 Å². The molecule has 9 nitrogen and oxygen atoms in total. The molecule has 4 N–H and O–H groups in total. The number of benzene rings is 2. The van der Waals surface area contributed by atoms with Gasteiger partial charge in [0.05, 0.1) is 11.8 Å². The maximum absolute atomic E-state index is 14.4. The highest BCUT2D eigenvalue weighted by Gasteiger charge is 2.19. The lowest BCUT2D eigenvalue weighted by molar-refractivity contribution is -0.127. The molecule has 0 aliphatic rings. The Kier molecular flexibility index (Phi) is 7.45. The molecule has 3 rings (SSSR count). The molecule has 0 bridgehead atoms. The molecule has 0 aliphatic heterocycles. The first-order valence-corrected chi connectivity index (χ1v) is 9.73. The fourth-order valence-electron chi connectivity index (χ4n) is 2.83. The SMILES string of the molecule is N#CC(NC(=O)CC(=O)Nc1cc(F)c(Oc2ccnc(C(N)=O)c2)cc1F)c1ccccc1. The minimum Gasteiger partial charge on any atom is -0.454 e. The summed E-state index contributed by atoms with van der Waals surface area (Å²) in [6, 6.07) is 13.2. The molecule has 1 aromatic heterocycles. The minimum atomic E-state index is -1.03. The lowest BCUT2D eigenvalue weighted by Crippen LogP contribution is -2.31. The van der Waals surface area contributed by atoms with Crippen LogP contribution in [0.4, 0.5) is 14.5 Å². The van der Waals surface area contributed by atoms with E-state index in [1.165, 1.54) is 12.3 Å². The van der Waals surface area contributed by atoms with Crippen molar-refractivity contribution in [2.75, 3.05) is 5.32 Å². The molecule has 1 heterocycles. The van der Waals surface area contributed by atoms with Crippen molar-refractivity contribution in [3.63, 3.8) is 0 Å². The van der Waals surface area contributed by atoms with Crippen molar-refractivity contribution in [1.82, 2.24) is 10.3 Å². The molecule has 3 amide bonds. The summed E-state index contributed by atoms with van der Waals surface area (Å²) in [5.41, 5.74) is 5.00. The van der Waals surface area contributed by atoms with Gasteiger partial charge in [-0.15, -0.1) is 0 Å². The van der Waals surface area contributed by atoms with Gasteiger partial charge in [-0.3, -0.25) is 19.4 Å². The molecule has 172 valence electrons. The number of hydrogen-bond acceptors (Lipinski definition) is 6. The van der Waals surface area contributed by atoms with Gasteiger partial charge in [-0.05, 0) is 11.6 Å². The van der Waals surface area contributed by atoms with Crippen molar-refractivity contribution in [3.05, 3.63) is 83.7 Å². The Bertz CT molecular complexity index is 1280. The maximum atomic E-state index is 14.4. The fraction of sp³-hybridized carbons (Fsp3) is 0.0870. The van der Waals surface area contributed by atoms with Gasteiger partial charge in [-0.1, -0.05) is 30.3 Å². The largest absolute Gasteiger partial charge is 0.454 e. The quantitative estimate of drug-likeness (QED) is 0.436. The van der Waals surface area contributed by atoms with Crippen LogP contribution in [0.2, 0.25) is 0 Å². The van der Waals surface area contributed by atoms with E-state index in [0.29, 0.717) is 17.7 Å². The summed E-state index contributed by atoms with van der Waals surface area (Å²) in [5, 5.41) is 13.7. The summed E-state index contributed by atoms with van der Waals surface area (Å²) in [4.78, 5) is 39.2. The standard InChI is InChI=1S/C23H17F2N5O4/c24-15-10-20(34-14-6-7-28-18(8-14)23(27)33)16(25)9-17(15)29-21(31)11-22(32)30-19(12-26)13-4-2-1-3-5-13/h1-10,19H,11H2,(H2,27,33)(H,29,31)(H,30,32).